The van der Waals surface area contributed by atoms with Gasteiger partial charge in [-0.25, -0.2) is 0 Å². The average Bonchev–Trinajstić information content (AvgIpc) is 3.43. The monoisotopic (exact) mass is 481 g/mol. The number of rotatable bonds is 5. The molecule has 3 amide bonds. The summed E-state index contributed by atoms with van der Waals surface area (Å²) in [5.41, 5.74) is 1.06. The van der Waals surface area contributed by atoms with Gasteiger partial charge in [0, 0.05) is 24.4 Å². The number of aromatic amines is 1. The Kier molecular flexibility index (Phi) is 5.98. The van der Waals surface area contributed by atoms with Gasteiger partial charge in [0.05, 0.1) is 16.6 Å². The molecule has 1 saturated carbocycles. The molecule has 3 fully saturated rings. The minimum atomic E-state index is -0.775. The molecule has 5 rings (SSSR count). The van der Waals surface area contributed by atoms with Crippen LogP contribution in [0.3, 0.4) is 0 Å². The van der Waals surface area contributed by atoms with Crippen LogP contribution in [0.4, 0.5) is 0 Å². The van der Waals surface area contributed by atoms with Crippen molar-refractivity contribution in [1.82, 2.24) is 20.5 Å². The molecule has 3 aliphatic rings. The minimum Gasteiger partial charge on any atom is -0.356 e. The van der Waals surface area contributed by atoms with Crippen LogP contribution in [0.15, 0.2) is 24.3 Å². The largest absolute Gasteiger partial charge is 0.356 e. The smallest absolute Gasteiger partial charge is 0.271 e. The number of nitrogens with one attached hydrogen (secondary N) is 3. The van der Waals surface area contributed by atoms with E-state index in [0.717, 1.165) is 31.1 Å². The maximum atomic E-state index is 13.5. The lowest BCUT2D eigenvalue weighted by atomic mass is 9.67. The van der Waals surface area contributed by atoms with Crippen molar-refractivity contribution < 1.29 is 14.4 Å². The first-order valence-corrected chi connectivity index (χ1v) is 12.3. The number of likely N-dealkylation sites (tertiary alicyclic amines) is 1. The van der Waals surface area contributed by atoms with Gasteiger partial charge < -0.3 is 20.5 Å². The summed E-state index contributed by atoms with van der Waals surface area (Å²) >= 11 is 6.27. The second kappa shape index (κ2) is 8.95. The molecule has 178 valence electrons. The maximum Gasteiger partial charge on any atom is 0.271 e. The van der Waals surface area contributed by atoms with E-state index in [-0.39, 0.29) is 35.5 Å². The second-order valence-corrected chi connectivity index (χ2v) is 10.4. The summed E-state index contributed by atoms with van der Waals surface area (Å²) in [6, 6.07) is 7.96. The van der Waals surface area contributed by atoms with Crippen molar-refractivity contribution in [2.24, 2.45) is 11.3 Å². The van der Waals surface area contributed by atoms with Crippen LogP contribution in [0.25, 0.3) is 10.9 Å². The van der Waals surface area contributed by atoms with E-state index >= 15 is 0 Å². The Morgan fingerprint density at radius 3 is 2.82 bits per heavy atom. The van der Waals surface area contributed by atoms with E-state index in [4.69, 9.17) is 11.6 Å². The Bertz CT molecular complexity index is 1180. The number of aromatic nitrogens is 1. The van der Waals surface area contributed by atoms with Crippen molar-refractivity contribution in [1.29, 1.82) is 5.26 Å². The van der Waals surface area contributed by atoms with Crippen LogP contribution < -0.4 is 10.6 Å². The molecule has 0 radical (unpaired) electrons. The van der Waals surface area contributed by atoms with Gasteiger partial charge in [0.1, 0.15) is 17.8 Å². The highest BCUT2D eigenvalue weighted by Crippen LogP contribution is 2.50. The molecule has 3 heterocycles. The molecule has 2 aliphatic heterocycles. The van der Waals surface area contributed by atoms with Gasteiger partial charge in [0.2, 0.25) is 11.8 Å². The first-order chi connectivity index (χ1) is 16.4. The van der Waals surface area contributed by atoms with Crippen molar-refractivity contribution in [3.63, 3.8) is 0 Å². The Morgan fingerprint density at radius 2 is 2.15 bits per heavy atom. The Balaban J connectivity index is 1.34. The quantitative estimate of drug-likeness (QED) is 0.607. The Hall–Kier alpha value is -3.05. The van der Waals surface area contributed by atoms with E-state index in [0.29, 0.717) is 42.2 Å². The molecule has 1 spiro atoms. The van der Waals surface area contributed by atoms with Gasteiger partial charge in [-0.2, -0.15) is 5.26 Å². The zero-order valence-electron chi connectivity index (χ0n) is 18.9. The molecule has 2 aromatic rings. The summed E-state index contributed by atoms with van der Waals surface area (Å²) in [7, 11) is 0. The molecule has 3 N–H and O–H groups in total. The number of carbonyl (C=O) groups is 3. The van der Waals surface area contributed by atoms with Gasteiger partial charge in [0.25, 0.3) is 5.91 Å². The number of amides is 3. The van der Waals surface area contributed by atoms with E-state index in [1.165, 1.54) is 0 Å². The Labute approximate surface area is 203 Å². The molecule has 34 heavy (non-hydrogen) atoms. The van der Waals surface area contributed by atoms with Crippen LogP contribution >= 0.6 is 11.6 Å². The highest BCUT2D eigenvalue weighted by atomic mass is 35.5. The zero-order chi connectivity index (χ0) is 23.9. The molecular formula is C25H28ClN5O3. The van der Waals surface area contributed by atoms with Crippen LogP contribution in [0.2, 0.25) is 5.02 Å². The lowest BCUT2D eigenvalue weighted by molar-refractivity contribution is -0.128. The highest BCUT2D eigenvalue weighted by Gasteiger charge is 2.52. The second-order valence-electron chi connectivity index (χ2n) is 9.95. The molecule has 9 heteroatoms. The van der Waals surface area contributed by atoms with Crippen molar-refractivity contribution in [3.8, 4) is 6.07 Å². The van der Waals surface area contributed by atoms with E-state index in [2.05, 4.69) is 21.7 Å². The van der Waals surface area contributed by atoms with E-state index in [1.54, 1.807) is 17.0 Å². The maximum absolute atomic E-state index is 13.5. The molecular weight excluding hydrogens is 454 g/mol. The molecule has 2 saturated heterocycles. The van der Waals surface area contributed by atoms with Gasteiger partial charge in [0.15, 0.2) is 0 Å². The predicted octanol–water partition coefficient (Wildman–Crippen LogP) is 3.13. The van der Waals surface area contributed by atoms with Gasteiger partial charge in [-0.05, 0) is 56.1 Å². The molecule has 1 aromatic heterocycles. The number of nitrogens with zero attached hydrogens (tertiary/aromatic N) is 2. The third kappa shape index (κ3) is 4.14. The fourth-order valence-corrected chi connectivity index (χ4v) is 5.92. The van der Waals surface area contributed by atoms with Crippen LogP contribution in [-0.4, -0.2) is 52.8 Å². The fraction of sp³-hybridized carbons (Fsp3) is 0.520. The number of benzene rings is 1. The molecule has 3 atom stereocenters. The lowest BCUT2D eigenvalue weighted by Crippen LogP contribution is -2.49. The van der Waals surface area contributed by atoms with E-state index < -0.39 is 12.1 Å². The van der Waals surface area contributed by atoms with Crippen molar-refractivity contribution in [2.45, 2.75) is 57.0 Å². The highest BCUT2D eigenvalue weighted by molar-refractivity contribution is 6.35. The standard InChI is InChI=1S/C25H28ClN5O3/c26-18-6-1-4-15-11-19(30-21(15)18)24(34)31-14-25(7-3-8-25)12-20(31)23(33)29-17(13-27)10-16-5-2-9-28-22(16)32/h1,4,6,11,16-17,20,30H,2-3,5,7-10,12,14H2,(H,28,32)(H,29,33)/t16?,17-,20-/m0/s1. The minimum absolute atomic E-state index is 0.0350. The van der Waals surface area contributed by atoms with Crippen LogP contribution in [-0.2, 0) is 9.59 Å². The zero-order valence-corrected chi connectivity index (χ0v) is 19.7. The predicted molar refractivity (Wildman–Crippen MR) is 127 cm³/mol. The summed E-state index contributed by atoms with van der Waals surface area (Å²) in [6.45, 7) is 1.17. The summed E-state index contributed by atoms with van der Waals surface area (Å²) < 4.78 is 0. The molecule has 1 aromatic carbocycles. The number of halogens is 1. The topological polar surface area (TPSA) is 118 Å². The van der Waals surface area contributed by atoms with Crippen LogP contribution in [0, 0.1) is 22.7 Å². The van der Waals surface area contributed by atoms with Gasteiger partial charge in [-0.15, -0.1) is 0 Å². The first-order valence-electron chi connectivity index (χ1n) is 11.9. The molecule has 8 nitrogen and oxygen atoms in total. The number of hydrogen-bond acceptors (Lipinski definition) is 4. The summed E-state index contributed by atoms with van der Waals surface area (Å²) in [5.74, 6) is -0.913. The number of fused-ring (bicyclic) bond motifs is 1. The molecule has 1 aliphatic carbocycles. The summed E-state index contributed by atoms with van der Waals surface area (Å²) in [4.78, 5) is 43.8. The third-order valence-electron chi connectivity index (χ3n) is 7.71. The van der Waals surface area contributed by atoms with Crippen molar-refractivity contribution >= 4 is 40.2 Å². The number of para-hydroxylation sites is 1. The number of hydrogen-bond donors (Lipinski definition) is 3. The SMILES string of the molecule is N#C[C@H](CC1CCCNC1=O)NC(=O)[C@@H]1CC2(CCC2)CN1C(=O)c1cc2cccc(Cl)c2[nH]1. The van der Waals surface area contributed by atoms with Gasteiger partial charge >= 0.3 is 0 Å². The summed E-state index contributed by atoms with van der Waals surface area (Å²) in [5, 5.41) is 16.7. The van der Waals surface area contributed by atoms with E-state index in [1.807, 2.05) is 12.1 Å². The Morgan fingerprint density at radius 1 is 1.32 bits per heavy atom. The third-order valence-corrected chi connectivity index (χ3v) is 8.03. The fourth-order valence-electron chi connectivity index (χ4n) is 5.69. The normalized spacial score (nSPS) is 24.4. The van der Waals surface area contributed by atoms with Crippen LogP contribution in [0.1, 0.15) is 55.4 Å². The first kappa shape index (κ1) is 22.7. The average molecular weight is 482 g/mol. The number of nitriles is 1. The molecule has 1 unspecified atom stereocenters. The van der Waals surface area contributed by atoms with E-state index in [9.17, 15) is 19.6 Å². The number of H-pyrrole nitrogens is 1. The molecule has 0 bridgehead atoms. The van der Waals surface area contributed by atoms with Crippen molar-refractivity contribution in [3.05, 3.63) is 35.0 Å². The number of piperidine rings is 1. The van der Waals surface area contributed by atoms with Crippen LogP contribution in [0.5, 0.6) is 0 Å². The lowest BCUT2D eigenvalue weighted by Gasteiger charge is -2.37. The van der Waals surface area contributed by atoms with Gasteiger partial charge in [-0.3, -0.25) is 14.4 Å². The number of carbonyl (C=O) groups excluding carboxylic acids is 3. The van der Waals surface area contributed by atoms with Crippen molar-refractivity contribution in [2.75, 3.05) is 13.1 Å². The summed E-state index contributed by atoms with van der Waals surface area (Å²) in [6.07, 6.45) is 5.51. The van der Waals surface area contributed by atoms with Gasteiger partial charge in [-0.1, -0.05) is 30.2 Å².